The molecule has 0 radical (unpaired) electrons. The minimum atomic E-state index is -5.08. The Bertz CT molecular complexity index is 1520. The molecule has 3 aromatic heterocycles. The van der Waals surface area contributed by atoms with Crippen molar-refractivity contribution in [2.75, 3.05) is 32.7 Å². The van der Waals surface area contributed by atoms with Gasteiger partial charge < -0.3 is 14.6 Å². The second-order valence-corrected chi connectivity index (χ2v) is 8.97. The third-order valence-electron chi connectivity index (χ3n) is 6.46. The van der Waals surface area contributed by atoms with E-state index in [1.165, 1.54) is 11.2 Å². The Balaban J connectivity index is 1.23. The molecule has 202 valence electrons. The van der Waals surface area contributed by atoms with Crippen LogP contribution in [0.4, 0.5) is 17.6 Å². The summed E-state index contributed by atoms with van der Waals surface area (Å²) in [7, 11) is 0. The number of fused-ring (bicyclic) bond motifs is 1. The van der Waals surface area contributed by atoms with Crippen LogP contribution in [0.3, 0.4) is 0 Å². The van der Waals surface area contributed by atoms with Crippen LogP contribution in [0.15, 0.2) is 49.2 Å². The average Bonchev–Trinajstić information content (AvgIpc) is 3.59. The first kappa shape index (κ1) is 26.1. The highest BCUT2D eigenvalue weighted by molar-refractivity contribution is 5.94. The molecule has 1 aliphatic rings. The summed E-state index contributed by atoms with van der Waals surface area (Å²) in [5.74, 6) is -2.78. The number of nitrogens with zero attached hydrogens (tertiary/aromatic N) is 7. The van der Waals surface area contributed by atoms with Crippen LogP contribution in [0.1, 0.15) is 22.8 Å². The number of ether oxygens (including phenoxy) is 1. The topological polar surface area (TPSA) is 116 Å². The number of alkyl halides is 3. The molecule has 1 atom stereocenters. The fourth-order valence-corrected chi connectivity index (χ4v) is 4.56. The highest BCUT2D eigenvalue weighted by Crippen LogP contribution is 2.28. The zero-order valence-corrected chi connectivity index (χ0v) is 20.4. The van der Waals surface area contributed by atoms with Crippen LogP contribution in [0.5, 0.6) is 5.75 Å². The van der Waals surface area contributed by atoms with Crippen molar-refractivity contribution < 1.29 is 27.1 Å². The fourth-order valence-electron chi connectivity index (χ4n) is 4.56. The van der Waals surface area contributed by atoms with Gasteiger partial charge in [-0.05, 0) is 24.3 Å². The second-order valence-electron chi connectivity index (χ2n) is 8.97. The summed E-state index contributed by atoms with van der Waals surface area (Å²) in [5.41, 5.74) is 2.11. The number of aromatic nitrogens is 5. The molecule has 1 unspecified atom stereocenters. The van der Waals surface area contributed by atoms with Crippen molar-refractivity contribution in [3.8, 4) is 23.1 Å². The number of amides is 1. The van der Waals surface area contributed by atoms with E-state index in [2.05, 4.69) is 35.8 Å². The summed E-state index contributed by atoms with van der Waals surface area (Å²) in [4.78, 5) is 28.1. The highest BCUT2D eigenvalue weighted by Gasteiger charge is 2.33. The molecule has 1 aliphatic heterocycles. The normalized spacial score (nSPS) is 15.3. The van der Waals surface area contributed by atoms with E-state index in [9.17, 15) is 27.6 Å². The summed E-state index contributed by atoms with van der Waals surface area (Å²) in [6, 6.07) is 6.49. The Labute approximate surface area is 219 Å². The minimum absolute atomic E-state index is 0.100. The molecule has 4 heterocycles. The van der Waals surface area contributed by atoms with Crippen LogP contribution in [0.25, 0.3) is 22.3 Å². The minimum Gasteiger partial charge on any atom is -0.403 e. The number of piperazine rings is 1. The van der Waals surface area contributed by atoms with Crippen LogP contribution in [0, 0.1) is 17.1 Å². The second kappa shape index (κ2) is 10.7. The van der Waals surface area contributed by atoms with Gasteiger partial charge in [-0.25, -0.2) is 14.4 Å². The summed E-state index contributed by atoms with van der Waals surface area (Å²) in [6.45, 7) is 2.07. The largest absolute Gasteiger partial charge is 0.573 e. The summed E-state index contributed by atoms with van der Waals surface area (Å²) in [5, 5.41) is 14.8. The molecule has 1 N–H and O–H groups in total. The Kier molecular flexibility index (Phi) is 7.16. The lowest BCUT2D eigenvalue weighted by molar-refractivity contribution is -0.275. The third-order valence-corrected chi connectivity index (χ3v) is 6.46. The zero-order valence-electron chi connectivity index (χ0n) is 20.4. The lowest BCUT2D eigenvalue weighted by atomic mass is 10.1. The first-order valence-corrected chi connectivity index (χ1v) is 12.0. The number of carbonyl (C=O) groups excluding carboxylic acids is 1. The maximum Gasteiger partial charge on any atom is 0.573 e. The van der Waals surface area contributed by atoms with Crippen LogP contribution >= 0.6 is 0 Å². The van der Waals surface area contributed by atoms with E-state index in [-0.39, 0.29) is 18.0 Å². The molecule has 1 amide bonds. The molecule has 0 bridgehead atoms. The number of hydrogen-bond donors (Lipinski definition) is 1. The Morgan fingerprint density at radius 3 is 2.72 bits per heavy atom. The smallest absolute Gasteiger partial charge is 0.403 e. The van der Waals surface area contributed by atoms with Gasteiger partial charge in [0.25, 0.3) is 5.91 Å². The van der Waals surface area contributed by atoms with E-state index in [0.29, 0.717) is 38.4 Å². The number of carbonyl (C=O) groups is 1. The van der Waals surface area contributed by atoms with Crippen molar-refractivity contribution >= 4 is 16.9 Å². The molecule has 10 nitrogen and oxygen atoms in total. The monoisotopic (exact) mass is 542 g/mol. The van der Waals surface area contributed by atoms with Crippen LogP contribution in [-0.2, 0) is 0 Å². The first-order valence-electron chi connectivity index (χ1n) is 12.0. The molecule has 39 heavy (non-hydrogen) atoms. The van der Waals surface area contributed by atoms with E-state index in [1.807, 2.05) is 12.3 Å². The molecule has 1 aromatic carbocycles. The van der Waals surface area contributed by atoms with Gasteiger partial charge in [-0.2, -0.15) is 10.4 Å². The van der Waals surface area contributed by atoms with E-state index in [1.54, 1.807) is 17.1 Å². The molecule has 0 saturated carbocycles. The van der Waals surface area contributed by atoms with Crippen LogP contribution in [-0.4, -0.2) is 79.5 Å². The van der Waals surface area contributed by atoms with Crippen molar-refractivity contribution in [2.45, 2.75) is 18.8 Å². The van der Waals surface area contributed by atoms with Crippen molar-refractivity contribution in [1.29, 1.82) is 5.26 Å². The fraction of sp³-hybridized carbons (Fsp3) is 0.320. The van der Waals surface area contributed by atoms with Crippen molar-refractivity contribution in [3.05, 3.63) is 60.6 Å². The van der Waals surface area contributed by atoms with Gasteiger partial charge in [0.2, 0.25) is 0 Å². The number of aromatic amines is 1. The first-order chi connectivity index (χ1) is 18.7. The zero-order chi connectivity index (χ0) is 27.6. The van der Waals surface area contributed by atoms with Gasteiger partial charge in [0.15, 0.2) is 11.6 Å². The maximum absolute atomic E-state index is 13.7. The number of hydrogen-bond acceptors (Lipinski definition) is 7. The van der Waals surface area contributed by atoms with Gasteiger partial charge in [-0.1, -0.05) is 0 Å². The lowest BCUT2D eigenvalue weighted by Gasteiger charge is -2.36. The Hall–Kier alpha value is -4.51. The lowest BCUT2D eigenvalue weighted by Crippen LogP contribution is -2.50. The number of nitriles is 1. The molecule has 1 fully saturated rings. The van der Waals surface area contributed by atoms with Gasteiger partial charge in [0.1, 0.15) is 12.0 Å². The molecule has 5 rings (SSSR count). The third kappa shape index (κ3) is 5.83. The molecule has 1 saturated heterocycles. The summed E-state index contributed by atoms with van der Waals surface area (Å²) < 4.78 is 56.8. The predicted octanol–water partition coefficient (Wildman–Crippen LogP) is 3.77. The molecule has 0 aliphatic carbocycles. The average molecular weight is 542 g/mol. The SMILES string of the molecule is N#CCC(CN1CCN(C(=O)c2ccc(F)c(OC(F)(F)F)c2)CC1)n1cc(-c2ncnc3[nH]ccc23)cn1. The standard InChI is InChI=1S/C25H22F4N8O2/c26-20-2-1-16(11-21(20)39-25(27,28)29)24(38)36-9-7-35(8-10-36)14-18(3-5-30)37-13-17(12-34-37)22-19-4-6-31-23(19)33-15-32-22/h1-2,4,6,11-13,15,18H,3,7-10,14H2,(H,31,32,33). The highest BCUT2D eigenvalue weighted by atomic mass is 19.4. The number of benzene rings is 1. The molecular formula is C25H22F4N8O2. The van der Waals surface area contributed by atoms with Gasteiger partial charge in [0, 0.05) is 61.6 Å². The number of nitrogens with one attached hydrogen (secondary N) is 1. The van der Waals surface area contributed by atoms with Crippen LogP contribution < -0.4 is 4.74 Å². The molecule has 4 aromatic rings. The Morgan fingerprint density at radius 2 is 1.97 bits per heavy atom. The van der Waals surface area contributed by atoms with Gasteiger partial charge in [0.05, 0.1) is 30.4 Å². The summed E-state index contributed by atoms with van der Waals surface area (Å²) >= 11 is 0. The maximum atomic E-state index is 13.7. The van der Waals surface area contributed by atoms with Gasteiger partial charge in [-0.15, -0.1) is 13.2 Å². The molecule has 14 heteroatoms. The van der Waals surface area contributed by atoms with Gasteiger partial charge in [-0.3, -0.25) is 14.4 Å². The van der Waals surface area contributed by atoms with Gasteiger partial charge >= 0.3 is 6.36 Å². The molecular weight excluding hydrogens is 520 g/mol. The van der Waals surface area contributed by atoms with E-state index < -0.39 is 23.8 Å². The van der Waals surface area contributed by atoms with E-state index in [4.69, 9.17) is 0 Å². The van der Waals surface area contributed by atoms with E-state index in [0.717, 1.165) is 34.8 Å². The molecule has 0 spiro atoms. The number of rotatable bonds is 7. The quantitative estimate of drug-likeness (QED) is 0.354. The van der Waals surface area contributed by atoms with Crippen LogP contribution in [0.2, 0.25) is 0 Å². The predicted molar refractivity (Wildman–Crippen MR) is 130 cm³/mol. The van der Waals surface area contributed by atoms with Crippen molar-refractivity contribution in [2.24, 2.45) is 0 Å². The van der Waals surface area contributed by atoms with Crippen molar-refractivity contribution in [3.63, 3.8) is 0 Å². The van der Waals surface area contributed by atoms with E-state index >= 15 is 0 Å². The van der Waals surface area contributed by atoms with Crippen molar-refractivity contribution in [1.82, 2.24) is 34.5 Å². The Morgan fingerprint density at radius 1 is 1.18 bits per heavy atom. The summed E-state index contributed by atoms with van der Waals surface area (Å²) in [6.07, 6.45) is 1.91. The number of H-pyrrole nitrogens is 1. The number of halogens is 4.